The Hall–Kier alpha value is -0.930. The van der Waals surface area contributed by atoms with Gasteiger partial charge >= 0.3 is 0 Å². The quantitative estimate of drug-likeness (QED) is 0.903. The van der Waals surface area contributed by atoms with Crippen LogP contribution in [-0.4, -0.2) is 24.5 Å². The summed E-state index contributed by atoms with van der Waals surface area (Å²) in [5, 5.41) is 0. The molecule has 1 saturated carbocycles. The molecular weight excluding hydrogens is 239 g/mol. The number of nitrogens with zero attached hydrogens (tertiary/aromatic N) is 1. The first-order valence-electron chi connectivity index (χ1n) is 7.29. The van der Waals surface area contributed by atoms with Crippen molar-refractivity contribution in [2.24, 2.45) is 11.7 Å². The fourth-order valence-corrected chi connectivity index (χ4v) is 3.16. The van der Waals surface area contributed by atoms with E-state index < -0.39 is 0 Å². The van der Waals surface area contributed by atoms with Gasteiger partial charge in [-0.1, -0.05) is 19.1 Å². The molecule has 0 saturated heterocycles. The highest BCUT2D eigenvalue weighted by atomic mass is 19.1. The van der Waals surface area contributed by atoms with Crippen LogP contribution in [0.2, 0.25) is 0 Å². The monoisotopic (exact) mass is 264 g/mol. The van der Waals surface area contributed by atoms with Crippen LogP contribution < -0.4 is 5.73 Å². The van der Waals surface area contributed by atoms with Crippen LogP contribution in [0.5, 0.6) is 0 Å². The minimum Gasteiger partial charge on any atom is -0.329 e. The van der Waals surface area contributed by atoms with E-state index in [9.17, 15) is 4.39 Å². The van der Waals surface area contributed by atoms with E-state index in [2.05, 4.69) is 18.9 Å². The number of likely N-dealkylation sites (N-methyl/N-ethyl adjacent to an activating group) is 1. The Kier molecular flexibility index (Phi) is 4.94. The Labute approximate surface area is 115 Å². The Morgan fingerprint density at radius 2 is 2.00 bits per heavy atom. The van der Waals surface area contributed by atoms with Gasteiger partial charge in [-0.2, -0.15) is 0 Å². The average molecular weight is 264 g/mol. The largest absolute Gasteiger partial charge is 0.329 e. The van der Waals surface area contributed by atoms with Gasteiger partial charge in [0.2, 0.25) is 0 Å². The van der Waals surface area contributed by atoms with Crippen LogP contribution in [0.15, 0.2) is 24.3 Å². The molecule has 0 radical (unpaired) electrons. The predicted molar refractivity (Wildman–Crippen MR) is 77.4 cm³/mol. The van der Waals surface area contributed by atoms with Crippen molar-refractivity contribution in [2.75, 3.05) is 13.6 Å². The third kappa shape index (κ3) is 3.54. The van der Waals surface area contributed by atoms with E-state index >= 15 is 0 Å². The smallest absolute Gasteiger partial charge is 0.123 e. The summed E-state index contributed by atoms with van der Waals surface area (Å²) in [4.78, 5) is 2.35. The highest BCUT2D eigenvalue weighted by Crippen LogP contribution is 2.31. The number of rotatable bonds is 4. The van der Waals surface area contributed by atoms with Crippen molar-refractivity contribution in [3.05, 3.63) is 35.6 Å². The molecule has 1 aromatic carbocycles. The summed E-state index contributed by atoms with van der Waals surface area (Å²) < 4.78 is 13.4. The number of benzene rings is 1. The van der Waals surface area contributed by atoms with Gasteiger partial charge < -0.3 is 5.73 Å². The fourth-order valence-electron chi connectivity index (χ4n) is 3.16. The summed E-state index contributed by atoms with van der Waals surface area (Å²) in [6, 6.07) is 7.54. The second kappa shape index (κ2) is 6.49. The van der Waals surface area contributed by atoms with Crippen LogP contribution >= 0.6 is 0 Å². The Balaban J connectivity index is 2.08. The molecule has 1 aliphatic carbocycles. The first kappa shape index (κ1) is 14.5. The lowest BCUT2D eigenvalue weighted by Gasteiger charge is -2.38. The third-order valence-electron chi connectivity index (χ3n) is 4.51. The van der Waals surface area contributed by atoms with E-state index in [4.69, 9.17) is 5.73 Å². The predicted octanol–water partition coefficient (Wildman–Crippen LogP) is 3.34. The standard InChI is InChI=1S/C16H25FN2/c1-12-6-8-15(9-7-12)19(2)16(11-18)13-4-3-5-14(17)10-13/h3-5,10,12,15-16H,6-9,11,18H2,1-2H3. The average Bonchev–Trinajstić information content (AvgIpc) is 2.40. The van der Waals surface area contributed by atoms with Gasteiger partial charge in [0.15, 0.2) is 0 Å². The SMILES string of the molecule is CC1CCC(N(C)C(CN)c2cccc(F)c2)CC1. The highest BCUT2D eigenvalue weighted by molar-refractivity contribution is 5.20. The molecule has 1 fully saturated rings. The van der Waals surface area contributed by atoms with Gasteiger partial charge in [-0.05, 0) is 56.3 Å². The zero-order chi connectivity index (χ0) is 13.8. The minimum absolute atomic E-state index is 0.120. The molecule has 0 bridgehead atoms. The molecule has 2 nitrogen and oxygen atoms in total. The zero-order valence-electron chi connectivity index (χ0n) is 12.0. The van der Waals surface area contributed by atoms with Gasteiger partial charge in [0.1, 0.15) is 5.82 Å². The molecule has 0 aliphatic heterocycles. The summed E-state index contributed by atoms with van der Waals surface area (Å²) in [6.07, 6.45) is 5.03. The van der Waals surface area contributed by atoms with Crippen molar-refractivity contribution in [2.45, 2.75) is 44.7 Å². The Bertz CT molecular complexity index is 399. The van der Waals surface area contributed by atoms with Gasteiger partial charge in [0.25, 0.3) is 0 Å². The van der Waals surface area contributed by atoms with Crippen LogP contribution in [0.25, 0.3) is 0 Å². The van der Waals surface area contributed by atoms with Crippen molar-refractivity contribution < 1.29 is 4.39 Å². The molecule has 0 amide bonds. The van der Waals surface area contributed by atoms with Crippen LogP contribution in [0.4, 0.5) is 4.39 Å². The van der Waals surface area contributed by atoms with E-state index in [1.807, 2.05) is 6.07 Å². The number of hydrogen-bond acceptors (Lipinski definition) is 2. The molecule has 0 spiro atoms. The third-order valence-corrected chi connectivity index (χ3v) is 4.51. The van der Waals surface area contributed by atoms with Gasteiger partial charge in [-0.15, -0.1) is 0 Å². The summed E-state index contributed by atoms with van der Waals surface area (Å²) in [5.41, 5.74) is 6.92. The molecule has 106 valence electrons. The lowest BCUT2D eigenvalue weighted by atomic mass is 9.86. The minimum atomic E-state index is -0.179. The molecule has 19 heavy (non-hydrogen) atoms. The fraction of sp³-hybridized carbons (Fsp3) is 0.625. The Morgan fingerprint density at radius 1 is 1.32 bits per heavy atom. The first-order valence-corrected chi connectivity index (χ1v) is 7.29. The second-order valence-electron chi connectivity index (χ2n) is 5.89. The van der Waals surface area contributed by atoms with Crippen molar-refractivity contribution >= 4 is 0 Å². The van der Waals surface area contributed by atoms with E-state index in [0.717, 1.165) is 11.5 Å². The van der Waals surface area contributed by atoms with Crippen molar-refractivity contribution in [1.82, 2.24) is 4.90 Å². The van der Waals surface area contributed by atoms with E-state index in [1.165, 1.54) is 31.7 Å². The molecule has 1 atom stereocenters. The molecule has 1 unspecified atom stereocenters. The van der Waals surface area contributed by atoms with E-state index in [1.54, 1.807) is 12.1 Å². The molecule has 0 heterocycles. The summed E-state index contributed by atoms with van der Waals surface area (Å²) in [5.74, 6) is 0.664. The highest BCUT2D eigenvalue weighted by Gasteiger charge is 2.26. The zero-order valence-corrected chi connectivity index (χ0v) is 12.0. The van der Waals surface area contributed by atoms with Crippen LogP contribution in [-0.2, 0) is 0 Å². The normalized spacial score (nSPS) is 25.5. The van der Waals surface area contributed by atoms with Gasteiger partial charge in [0, 0.05) is 18.6 Å². The molecular formula is C16H25FN2. The maximum absolute atomic E-state index is 13.4. The molecule has 2 N–H and O–H groups in total. The molecule has 0 aromatic heterocycles. The molecule has 3 heteroatoms. The summed E-state index contributed by atoms with van der Waals surface area (Å²) in [6.45, 7) is 2.86. The number of hydrogen-bond donors (Lipinski definition) is 1. The number of halogens is 1. The maximum atomic E-state index is 13.4. The van der Waals surface area contributed by atoms with E-state index in [0.29, 0.717) is 12.6 Å². The topological polar surface area (TPSA) is 29.3 Å². The number of nitrogens with two attached hydrogens (primary N) is 1. The molecule has 1 aliphatic rings. The van der Waals surface area contributed by atoms with Gasteiger partial charge in [-0.25, -0.2) is 4.39 Å². The van der Waals surface area contributed by atoms with Crippen LogP contribution in [0.1, 0.15) is 44.2 Å². The Morgan fingerprint density at radius 3 is 2.58 bits per heavy atom. The van der Waals surface area contributed by atoms with Crippen molar-refractivity contribution in [3.63, 3.8) is 0 Å². The van der Waals surface area contributed by atoms with Crippen LogP contribution in [0, 0.1) is 11.7 Å². The first-order chi connectivity index (χ1) is 9.11. The van der Waals surface area contributed by atoms with Gasteiger partial charge in [-0.3, -0.25) is 4.90 Å². The molecule has 2 rings (SSSR count). The second-order valence-corrected chi connectivity index (χ2v) is 5.89. The van der Waals surface area contributed by atoms with Crippen molar-refractivity contribution in [3.8, 4) is 0 Å². The summed E-state index contributed by atoms with van der Waals surface area (Å²) in [7, 11) is 2.13. The van der Waals surface area contributed by atoms with Gasteiger partial charge in [0.05, 0.1) is 0 Å². The lowest BCUT2D eigenvalue weighted by molar-refractivity contribution is 0.126. The van der Waals surface area contributed by atoms with Crippen LogP contribution in [0.3, 0.4) is 0 Å². The van der Waals surface area contributed by atoms with E-state index in [-0.39, 0.29) is 11.9 Å². The lowest BCUT2D eigenvalue weighted by Crippen LogP contribution is -2.40. The maximum Gasteiger partial charge on any atom is 0.123 e. The summed E-state index contributed by atoms with van der Waals surface area (Å²) >= 11 is 0. The molecule has 1 aromatic rings. The van der Waals surface area contributed by atoms with Crippen molar-refractivity contribution in [1.29, 1.82) is 0 Å².